The maximum absolute atomic E-state index is 11.6. The zero-order chi connectivity index (χ0) is 15.1. The summed E-state index contributed by atoms with van der Waals surface area (Å²) in [6, 6.07) is 0.259. The van der Waals surface area contributed by atoms with Crippen LogP contribution in [-0.2, 0) is 14.6 Å². The summed E-state index contributed by atoms with van der Waals surface area (Å²) in [7, 11) is -0.888. The summed E-state index contributed by atoms with van der Waals surface area (Å²) in [4.78, 5) is 0. The molecule has 1 fully saturated rings. The second-order valence-corrected chi connectivity index (χ2v) is 8.25. The van der Waals surface area contributed by atoms with Crippen LogP contribution in [0, 0.1) is 0 Å². The first-order chi connectivity index (χ1) is 9.49. The summed E-state index contributed by atoms with van der Waals surface area (Å²) in [6.45, 7) is 4.49. The normalized spacial score (nSPS) is 20.8. The summed E-state index contributed by atoms with van der Waals surface area (Å²) in [5, 5.41) is 3.38. The van der Waals surface area contributed by atoms with Gasteiger partial charge in [0.2, 0.25) is 0 Å². The van der Waals surface area contributed by atoms with Crippen molar-refractivity contribution in [1.82, 2.24) is 5.32 Å². The lowest BCUT2D eigenvalue weighted by Gasteiger charge is -2.43. The molecule has 120 valence electrons. The van der Waals surface area contributed by atoms with Crippen LogP contribution in [0.15, 0.2) is 0 Å². The summed E-state index contributed by atoms with van der Waals surface area (Å²) >= 11 is 0. The molecule has 1 unspecified atom stereocenters. The third kappa shape index (κ3) is 5.01. The minimum atomic E-state index is -2.85. The zero-order valence-electron chi connectivity index (χ0n) is 13.3. The average Bonchev–Trinajstić information content (AvgIpc) is 2.45. The van der Waals surface area contributed by atoms with E-state index in [9.17, 15) is 8.42 Å². The Morgan fingerprint density at radius 1 is 1.20 bits per heavy atom. The van der Waals surface area contributed by atoms with Crippen LogP contribution < -0.4 is 5.32 Å². The maximum atomic E-state index is 11.6. The Balaban J connectivity index is 2.61. The SMILES string of the molecule is CCOC1(C(CCCS(=O)(=O)CC)NC)CCCCC1. The van der Waals surface area contributed by atoms with Gasteiger partial charge < -0.3 is 10.1 Å². The van der Waals surface area contributed by atoms with Gasteiger partial charge in [0.15, 0.2) is 0 Å². The molecule has 0 aliphatic heterocycles. The number of sulfone groups is 1. The lowest BCUT2D eigenvalue weighted by atomic mass is 9.77. The minimum absolute atomic E-state index is 0.0856. The van der Waals surface area contributed by atoms with Gasteiger partial charge in [-0.2, -0.15) is 0 Å². The van der Waals surface area contributed by atoms with Crippen LogP contribution in [0.2, 0.25) is 0 Å². The van der Waals surface area contributed by atoms with Gasteiger partial charge in [-0.05, 0) is 39.7 Å². The molecular weight excluding hydrogens is 274 g/mol. The van der Waals surface area contributed by atoms with Crippen molar-refractivity contribution in [3.63, 3.8) is 0 Å². The first-order valence-electron chi connectivity index (χ1n) is 8.01. The molecular formula is C15H31NO3S. The van der Waals surface area contributed by atoms with Crippen LogP contribution in [0.3, 0.4) is 0 Å². The van der Waals surface area contributed by atoms with E-state index in [-0.39, 0.29) is 17.4 Å². The van der Waals surface area contributed by atoms with Gasteiger partial charge in [-0.15, -0.1) is 0 Å². The number of ether oxygens (including phenoxy) is 1. The monoisotopic (exact) mass is 305 g/mol. The fourth-order valence-electron chi connectivity index (χ4n) is 3.35. The van der Waals surface area contributed by atoms with Crippen LogP contribution in [0.5, 0.6) is 0 Å². The Morgan fingerprint density at radius 2 is 1.85 bits per heavy atom. The molecule has 0 heterocycles. The van der Waals surface area contributed by atoms with Crippen LogP contribution in [0.1, 0.15) is 58.8 Å². The highest BCUT2D eigenvalue weighted by molar-refractivity contribution is 7.91. The molecule has 1 N–H and O–H groups in total. The highest BCUT2D eigenvalue weighted by atomic mass is 32.2. The molecule has 20 heavy (non-hydrogen) atoms. The molecule has 1 aliphatic rings. The molecule has 1 rings (SSSR count). The Labute approximate surface area is 124 Å². The van der Waals surface area contributed by atoms with Gasteiger partial charge in [-0.3, -0.25) is 0 Å². The smallest absolute Gasteiger partial charge is 0.150 e. The second kappa shape index (κ2) is 8.35. The van der Waals surface area contributed by atoms with Gasteiger partial charge >= 0.3 is 0 Å². The van der Waals surface area contributed by atoms with Gasteiger partial charge in [0, 0.05) is 18.4 Å². The number of nitrogens with one attached hydrogen (secondary N) is 1. The molecule has 0 amide bonds. The Kier molecular flexibility index (Phi) is 7.48. The molecule has 1 atom stereocenters. The van der Waals surface area contributed by atoms with Crippen LogP contribution >= 0.6 is 0 Å². The van der Waals surface area contributed by atoms with E-state index in [0.29, 0.717) is 5.75 Å². The van der Waals surface area contributed by atoms with E-state index in [1.807, 2.05) is 14.0 Å². The van der Waals surface area contributed by atoms with Crippen molar-refractivity contribution < 1.29 is 13.2 Å². The minimum Gasteiger partial charge on any atom is -0.374 e. The zero-order valence-corrected chi connectivity index (χ0v) is 14.1. The van der Waals surface area contributed by atoms with E-state index in [1.165, 1.54) is 19.3 Å². The molecule has 0 aromatic rings. The van der Waals surface area contributed by atoms with E-state index in [1.54, 1.807) is 6.92 Å². The number of rotatable bonds is 9. The predicted octanol–water partition coefficient (Wildman–Crippen LogP) is 2.53. The van der Waals surface area contributed by atoms with Crippen molar-refractivity contribution in [2.24, 2.45) is 0 Å². The Bertz CT molecular complexity index is 356. The first-order valence-corrected chi connectivity index (χ1v) is 9.83. The van der Waals surface area contributed by atoms with E-state index in [2.05, 4.69) is 5.32 Å². The van der Waals surface area contributed by atoms with Crippen molar-refractivity contribution in [3.05, 3.63) is 0 Å². The van der Waals surface area contributed by atoms with E-state index in [4.69, 9.17) is 4.74 Å². The van der Waals surface area contributed by atoms with Crippen molar-refractivity contribution in [2.75, 3.05) is 25.2 Å². The first kappa shape index (κ1) is 17.9. The molecule has 1 aliphatic carbocycles. The molecule has 0 saturated heterocycles. The molecule has 0 aromatic carbocycles. The molecule has 0 radical (unpaired) electrons. The molecule has 5 heteroatoms. The molecule has 0 aromatic heterocycles. The summed E-state index contributed by atoms with van der Waals surface area (Å²) in [5.41, 5.74) is -0.0856. The summed E-state index contributed by atoms with van der Waals surface area (Å²) < 4.78 is 29.3. The third-order valence-corrected chi connectivity index (χ3v) is 6.29. The van der Waals surface area contributed by atoms with Crippen molar-refractivity contribution >= 4 is 9.84 Å². The average molecular weight is 305 g/mol. The van der Waals surface area contributed by atoms with Gasteiger partial charge in [-0.1, -0.05) is 26.2 Å². The highest BCUT2D eigenvalue weighted by Crippen LogP contribution is 2.36. The van der Waals surface area contributed by atoms with Crippen molar-refractivity contribution in [1.29, 1.82) is 0 Å². The van der Waals surface area contributed by atoms with Gasteiger partial charge in [-0.25, -0.2) is 8.42 Å². The maximum Gasteiger partial charge on any atom is 0.150 e. The largest absolute Gasteiger partial charge is 0.374 e. The Morgan fingerprint density at radius 3 is 2.35 bits per heavy atom. The number of hydrogen-bond acceptors (Lipinski definition) is 4. The second-order valence-electron chi connectivity index (χ2n) is 5.78. The molecule has 4 nitrogen and oxygen atoms in total. The standard InChI is InChI=1S/C15H31NO3S/c1-4-19-15(11-7-6-8-12-15)14(16-3)10-9-13-20(17,18)5-2/h14,16H,4-13H2,1-3H3. The third-order valence-electron chi connectivity index (χ3n) is 4.50. The number of hydrogen-bond donors (Lipinski definition) is 1. The molecule has 0 spiro atoms. The van der Waals surface area contributed by atoms with Crippen molar-refractivity contribution in [3.8, 4) is 0 Å². The van der Waals surface area contributed by atoms with Crippen LogP contribution in [0.25, 0.3) is 0 Å². The fraction of sp³-hybridized carbons (Fsp3) is 1.00. The number of likely N-dealkylation sites (N-methyl/N-ethyl adjacent to an activating group) is 1. The summed E-state index contributed by atoms with van der Waals surface area (Å²) in [6.07, 6.45) is 7.48. The van der Waals surface area contributed by atoms with Crippen molar-refractivity contribution in [2.45, 2.75) is 70.4 Å². The lowest BCUT2D eigenvalue weighted by molar-refractivity contribution is -0.0901. The van der Waals surface area contributed by atoms with E-state index >= 15 is 0 Å². The highest BCUT2D eigenvalue weighted by Gasteiger charge is 2.39. The quantitative estimate of drug-likeness (QED) is 0.711. The molecule has 0 bridgehead atoms. The lowest BCUT2D eigenvalue weighted by Crippen LogP contribution is -2.52. The van der Waals surface area contributed by atoms with Gasteiger partial charge in [0.25, 0.3) is 0 Å². The van der Waals surface area contributed by atoms with Gasteiger partial charge in [0.05, 0.1) is 11.4 Å². The van der Waals surface area contributed by atoms with E-state index in [0.717, 1.165) is 32.3 Å². The topological polar surface area (TPSA) is 55.4 Å². The fourth-order valence-corrected chi connectivity index (χ4v) is 4.25. The summed E-state index contributed by atoms with van der Waals surface area (Å²) in [5.74, 6) is 0.539. The van der Waals surface area contributed by atoms with Crippen LogP contribution in [0.4, 0.5) is 0 Å². The predicted molar refractivity (Wildman–Crippen MR) is 83.9 cm³/mol. The van der Waals surface area contributed by atoms with E-state index < -0.39 is 9.84 Å². The van der Waals surface area contributed by atoms with Crippen LogP contribution in [-0.4, -0.2) is 45.2 Å². The van der Waals surface area contributed by atoms with Gasteiger partial charge in [0.1, 0.15) is 9.84 Å². The Hall–Kier alpha value is -0.130. The molecule has 1 saturated carbocycles.